The SMILES string of the molecule is COc1ccc(C(Br)C2Cc3ccccc3C2)c(Br)c1. The Balaban J connectivity index is 1.82. The summed E-state index contributed by atoms with van der Waals surface area (Å²) < 4.78 is 6.37. The lowest BCUT2D eigenvalue weighted by Gasteiger charge is -2.19. The summed E-state index contributed by atoms with van der Waals surface area (Å²) in [5, 5.41) is 0. The van der Waals surface area contributed by atoms with Gasteiger partial charge in [-0.25, -0.2) is 0 Å². The van der Waals surface area contributed by atoms with Crippen LogP contribution in [-0.4, -0.2) is 7.11 Å². The fourth-order valence-corrected chi connectivity index (χ4v) is 4.60. The molecule has 0 bridgehead atoms. The quantitative estimate of drug-likeness (QED) is 0.640. The molecule has 0 aliphatic heterocycles. The summed E-state index contributed by atoms with van der Waals surface area (Å²) in [5.74, 6) is 1.49. The number of benzene rings is 2. The van der Waals surface area contributed by atoms with E-state index in [-0.39, 0.29) is 0 Å². The number of rotatable bonds is 3. The largest absolute Gasteiger partial charge is 0.497 e. The van der Waals surface area contributed by atoms with Gasteiger partial charge in [-0.1, -0.05) is 62.2 Å². The Morgan fingerprint density at radius 1 is 1.10 bits per heavy atom. The summed E-state index contributed by atoms with van der Waals surface area (Å²) in [6.45, 7) is 0. The van der Waals surface area contributed by atoms with Gasteiger partial charge in [0.05, 0.1) is 7.11 Å². The minimum Gasteiger partial charge on any atom is -0.497 e. The maximum absolute atomic E-state index is 5.26. The Labute approximate surface area is 136 Å². The summed E-state index contributed by atoms with van der Waals surface area (Å²) in [6.07, 6.45) is 2.29. The smallest absolute Gasteiger partial charge is 0.120 e. The van der Waals surface area contributed by atoms with Gasteiger partial charge in [-0.2, -0.15) is 0 Å². The Bertz CT molecular complexity index is 599. The molecule has 0 saturated carbocycles. The average molecular weight is 396 g/mol. The molecule has 2 aromatic carbocycles. The standard InChI is InChI=1S/C17H16Br2O/c1-20-14-6-7-15(16(18)10-14)17(19)13-8-11-4-2-3-5-12(11)9-13/h2-7,10,13,17H,8-9H2,1H3. The van der Waals surface area contributed by atoms with Gasteiger partial charge >= 0.3 is 0 Å². The van der Waals surface area contributed by atoms with Crippen LogP contribution < -0.4 is 4.74 Å². The first-order valence-electron chi connectivity index (χ1n) is 6.73. The van der Waals surface area contributed by atoms with Crippen LogP contribution in [0.1, 0.15) is 21.5 Å². The normalized spacial score (nSPS) is 15.9. The van der Waals surface area contributed by atoms with Crippen molar-refractivity contribution in [3.8, 4) is 5.75 Å². The van der Waals surface area contributed by atoms with Crippen molar-refractivity contribution in [1.82, 2.24) is 0 Å². The van der Waals surface area contributed by atoms with Crippen molar-refractivity contribution < 1.29 is 4.74 Å². The highest BCUT2D eigenvalue weighted by atomic mass is 79.9. The van der Waals surface area contributed by atoms with E-state index in [0.29, 0.717) is 10.7 Å². The number of fused-ring (bicyclic) bond motifs is 1. The van der Waals surface area contributed by atoms with Crippen molar-refractivity contribution in [3.63, 3.8) is 0 Å². The zero-order valence-corrected chi connectivity index (χ0v) is 14.4. The highest BCUT2D eigenvalue weighted by Gasteiger charge is 2.28. The van der Waals surface area contributed by atoms with Crippen molar-refractivity contribution >= 4 is 31.9 Å². The molecular formula is C17H16Br2O. The van der Waals surface area contributed by atoms with Crippen LogP contribution in [0.25, 0.3) is 0 Å². The number of halogens is 2. The second kappa shape index (κ2) is 5.90. The third-order valence-corrected chi connectivity index (χ3v) is 5.93. The van der Waals surface area contributed by atoms with E-state index in [9.17, 15) is 0 Å². The second-order valence-electron chi connectivity index (χ2n) is 5.23. The maximum atomic E-state index is 5.26. The van der Waals surface area contributed by atoms with Crippen LogP contribution >= 0.6 is 31.9 Å². The van der Waals surface area contributed by atoms with E-state index >= 15 is 0 Å². The summed E-state index contributed by atoms with van der Waals surface area (Å²) in [7, 11) is 1.70. The fraction of sp³-hybridized carbons (Fsp3) is 0.294. The molecule has 1 unspecified atom stereocenters. The van der Waals surface area contributed by atoms with Crippen LogP contribution in [0.3, 0.4) is 0 Å². The molecule has 0 fully saturated rings. The highest BCUT2D eigenvalue weighted by molar-refractivity contribution is 9.11. The van der Waals surface area contributed by atoms with Gasteiger partial charge in [0.1, 0.15) is 5.75 Å². The van der Waals surface area contributed by atoms with Crippen LogP contribution in [0.2, 0.25) is 0 Å². The van der Waals surface area contributed by atoms with Crippen molar-refractivity contribution in [2.45, 2.75) is 17.7 Å². The third-order valence-electron chi connectivity index (χ3n) is 4.00. The number of hydrogen-bond acceptors (Lipinski definition) is 1. The maximum Gasteiger partial charge on any atom is 0.120 e. The highest BCUT2D eigenvalue weighted by Crippen LogP contribution is 2.43. The van der Waals surface area contributed by atoms with Gasteiger partial charge in [0.25, 0.3) is 0 Å². The molecule has 0 radical (unpaired) electrons. The van der Waals surface area contributed by atoms with Crippen LogP contribution in [0.5, 0.6) is 5.75 Å². The minimum absolute atomic E-state index is 0.357. The van der Waals surface area contributed by atoms with Gasteiger partial charge < -0.3 is 4.74 Å². The van der Waals surface area contributed by atoms with Crippen molar-refractivity contribution in [3.05, 3.63) is 63.6 Å². The van der Waals surface area contributed by atoms with Crippen LogP contribution in [0, 0.1) is 5.92 Å². The van der Waals surface area contributed by atoms with Gasteiger partial charge in [0.2, 0.25) is 0 Å². The zero-order chi connectivity index (χ0) is 14.1. The zero-order valence-electron chi connectivity index (χ0n) is 11.3. The molecule has 104 valence electrons. The van der Waals surface area contributed by atoms with Crippen LogP contribution in [-0.2, 0) is 12.8 Å². The topological polar surface area (TPSA) is 9.23 Å². The van der Waals surface area contributed by atoms with Gasteiger partial charge in [-0.15, -0.1) is 0 Å². The summed E-state index contributed by atoms with van der Waals surface area (Å²) >= 11 is 7.56. The second-order valence-corrected chi connectivity index (χ2v) is 7.07. The predicted molar refractivity (Wildman–Crippen MR) is 89.7 cm³/mol. The van der Waals surface area contributed by atoms with E-state index in [1.165, 1.54) is 16.7 Å². The molecule has 0 N–H and O–H groups in total. The van der Waals surface area contributed by atoms with Crippen LogP contribution in [0.15, 0.2) is 46.9 Å². The molecule has 3 heteroatoms. The van der Waals surface area contributed by atoms with E-state index in [1.54, 1.807) is 7.11 Å². The lowest BCUT2D eigenvalue weighted by molar-refractivity contribution is 0.414. The minimum atomic E-state index is 0.357. The number of alkyl halides is 1. The first-order valence-corrected chi connectivity index (χ1v) is 8.44. The van der Waals surface area contributed by atoms with Crippen molar-refractivity contribution in [2.75, 3.05) is 7.11 Å². The average Bonchev–Trinajstić information content (AvgIpc) is 2.90. The number of ether oxygens (including phenoxy) is 1. The monoisotopic (exact) mass is 394 g/mol. The molecular weight excluding hydrogens is 380 g/mol. The van der Waals surface area contributed by atoms with Gasteiger partial charge in [-0.05, 0) is 47.6 Å². The molecule has 3 rings (SSSR count). The Morgan fingerprint density at radius 3 is 2.30 bits per heavy atom. The van der Waals surface area contributed by atoms with E-state index < -0.39 is 0 Å². The lowest BCUT2D eigenvalue weighted by Crippen LogP contribution is -2.08. The molecule has 1 atom stereocenters. The molecule has 1 aliphatic rings. The van der Waals surface area contributed by atoms with Crippen molar-refractivity contribution in [1.29, 1.82) is 0 Å². The molecule has 1 aliphatic carbocycles. The predicted octanol–water partition coefficient (Wildman–Crippen LogP) is 5.31. The summed E-state index contributed by atoms with van der Waals surface area (Å²) in [4.78, 5) is 0.357. The Kier molecular flexibility index (Phi) is 4.18. The molecule has 20 heavy (non-hydrogen) atoms. The Morgan fingerprint density at radius 2 is 1.75 bits per heavy atom. The van der Waals surface area contributed by atoms with Gasteiger partial charge in [-0.3, -0.25) is 0 Å². The van der Waals surface area contributed by atoms with E-state index in [2.05, 4.69) is 62.2 Å². The molecule has 0 spiro atoms. The first-order chi connectivity index (χ1) is 9.69. The van der Waals surface area contributed by atoms with E-state index in [0.717, 1.165) is 23.1 Å². The fourth-order valence-electron chi connectivity index (χ4n) is 2.91. The molecule has 0 heterocycles. The number of hydrogen-bond donors (Lipinski definition) is 0. The third kappa shape index (κ3) is 2.66. The van der Waals surface area contributed by atoms with Crippen LogP contribution in [0.4, 0.5) is 0 Å². The first kappa shape index (κ1) is 14.2. The van der Waals surface area contributed by atoms with Gasteiger partial charge in [0.15, 0.2) is 0 Å². The van der Waals surface area contributed by atoms with Crippen molar-refractivity contribution in [2.24, 2.45) is 5.92 Å². The van der Waals surface area contributed by atoms with E-state index in [1.807, 2.05) is 12.1 Å². The molecule has 0 saturated heterocycles. The lowest BCUT2D eigenvalue weighted by atomic mass is 9.96. The van der Waals surface area contributed by atoms with Gasteiger partial charge in [0, 0.05) is 9.30 Å². The molecule has 0 amide bonds. The van der Waals surface area contributed by atoms with E-state index in [4.69, 9.17) is 4.74 Å². The molecule has 0 aromatic heterocycles. The molecule has 1 nitrogen and oxygen atoms in total. The summed E-state index contributed by atoms with van der Waals surface area (Å²) in [5.41, 5.74) is 4.28. The number of methoxy groups -OCH3 is 1. The molecule has 2 aromatic rings. The summed E-state index contributed by atoms with van der Waals surface area (Å²) in [6, 6.07) is 15.0. The Hall–Kier alpha value is -0.800.